The fraction of sp³-hybridized carbons (Fsp3) is 0.556. The maximum absolute atomic E-state index is 12.3. The molecule has 0 aromatic heterocycles. The van der Waals surface area contributed by atoms with Gasteiger partial charge in [0.05, 0.1) is 12.1 Å². The molecule has 1 aliphatic heterocycles. The van der Waals surface area contributed by atoms with Gasteiger partial charge in [0.15, 0.2) is 6.61 Å². The Labute approximate surface area is 136 Å². The summed E-state index contributed by atoms with van der Waals surface area (Å²) in [4.78, 5) is 23.6. The van der Waals surface area contributed by atoms with Crippen LogP contribution in [-0.2, 0) is 16.0 Å². The molecule has 0 unspecified atom stereocenters. The molecule has 5 heteroatoms. The number of amides is 2. The Hall–Kier alpha value is -2.04. The van der Waals surface area contributed by atoms with Gasteiger partial charge in [0.25, 0.3) is 5.91 Å². The van der Waals surface area contributed by atoms with Crippen molar-refractivity contribution in [2.24, 2.45) is 5.92 Å². The molecule has 0 radical (unpaired) electrons. The van der Waals surface area contributed by atoms with E-state index >= 15 is 0 Å². The van der Waals surface area contributed by atoms with Crippen molar-refractivity contribution in [2.75, 3.05) is 11.9 Å². The van der Waals surface area contributed by atoms with Crippen molar-refractivity contribution < 1.29 is 14.3 Å². The Bertz CT molecular complexity index is 594. The van der Waals surface area contributed by atoms with Gasteiger partial charge in [-0.25, -0.2) is 0 Å². The zero-order chi connectivity index (χ0) is 16.2. The third kappa shape index (κ3) is 4.03. The molecule has 1 saturated carbocycles. The Kier molecular flexibility index (Phi) is 4.84. The standard InChI is InChI=1S/C18H24N2O3/c1-12(14-5-3-2-4-6-14)19-17(21)10-13-7-8-16-15(9-13)20-18(22)11-23-16/h7-9,12,14H,2-6,10-11H2,1H3,(H,19,21)(H,20,22)/t12-/m1/s1. The first-order valence-electron chi connectivity index (χ1n) is 8.47. The lowest BCUT2D eigenvalue weighted by atomic mass is 9.84. The topological polar surface area (TPSA) is 67.4 Å². The van der Waals surface area contributed by atoms with Gasteiger partial charge in [-0.05, 0) is 43.4 Å². The van der Waals surface area contributed by atoms with Crippen molar-refractivity contribution >= 4 is 17.5 Å². The van der Waals surface area contributed by atoms with Crippen molar-refractivity contribution in [3.8, 4) is 5.75 Å². The van der Waals surface area contributed by atoms with Gasteiger partial charge in [0.1, 0.15) is 5.75 Å². The van der Waals surface area contributed by atoms with Crippen molar-refractivity contribution in [3.63, 3.8) is 0 Å². The molecule has 1 aromatic carbocycles. The van der Waals surface area contributed by atoms with Crippen LogP contribution in [0.15, 0.2) is 18.2 Å². The van der Waals surface area contributed by atoms with Crippen LogP contribution in [-0.4, -0.2) is 24.5 Å². The van der Waals surface area contributed by atoms with E-state index in [4.69, 9.17) is 4.74 Å². The quantitative estimate of drug-likeness (QED) is 0.897. The largest absolute Gasteiger partial charge is 0.482 e. The zero-order valence-corrected chi connectivity index (χ0v) is 13.6. The molecule has 0 spiro atoms. The number of benzene rings is 1. The first kappa shape index (κ1) is 15.8. The summed E-state index contributed by atoms with van der Waals surface area (Å²) < 4.78 is 5.33. The molecule has 1 heterocycles. The summed E-state index contributed by atoms with van der Waals surface area (Å²) in [6.07, 6.45) is 6.61. The fourth-order valence-corrected chi connectivity index (χ4v) is 3.48. The minimum atomic E-state index is -0.162. The molecule has 3 rings (SSSR count). The van der Waals surface area contributed by atoms with Crippen molar-refractivity contribution in [3.05, 3.63) is 23.8 Å². The van der Waals surface area contributed by atoms with Crippen LogP contribution in [0.5, 0.6) is 5.75 Å². The number of nitrogens with one attached hydrogen (secondary N) is 2. The van der Waals surface area contributed by atoms with Crippen LogP contribution in [0.3, 0.4) is 0 Å². The summed E-state index contributed by atoms with van der Waals surface area (Å²) in [6.45, 7) is 2.15. The number of carbonyl (C=O) groups is 2. The van der Waals surface area contributed by atoms with Gasteiger partial charge in [-0.2, -0.15) is 0 Å². The van der Waals surface area contributed by atoms with Crippen LogP contribution in [0.25, 0.3) is 0 Å². The highest BCUT2D eigenvalue weighted by Gasteiger charge is 2.22. The van der Waals surface area contributed by atoms with E-state index in [2.05, 4.69) is 17.6 Å². The minimum Gasteiger partial charge on any atom is -0.482 e. The first-order chi connectivity index (χ1) is 11.1. The second-order valence-corrected chi connectivity index (χ2v) is 6.60. The number of hydrogen-bond donors (Lipinski definition) is 2. The maximum atomic E-state index is 12.3. The Morgan fingerprint density at radius 3 is 2.91 bits per heavy atom. The summed E-state index contributed by atoms with van der Waals surface area (Å²) >= 11 is 0. The van der Waals surface area contributed by atoms with Crippen LogP contribution >= 0.6 is 0 Å². The SMILES string of the molecule is C[C@@H](NC(=O)Cc1ccc2c(c1)NC(=O)CO2)C1CCCCC1. The molecule has 124 valence electrons. The van der Waals surface area contributed by atoms with Gasteiger partial charge in [0.2, 0.25) is 5.91 Å². The molecule has 1 atom stereocenters. The highest BCUT2D eigenvalue weighted by atomic mass is 16.5. The van der Waals surface area contributed by atoms with E-state index in [9.17, 15) is 9.59 Å². The summed E-state index contributed by atoms with van der Waals surface area (Å²) in [5, 5.41) is 5.90. The normalized spacial score (nSPS) is 19.3. The number of rotatable bonds is 4. The van der Waals surface area contributed by atoms with E-state index in [0.29, 0.717) is 23.8 Å². The van der Waals surface area contributed by atoms with Crippen LogP contribution < -0.4 is 15.4 Å². The summed E-state index contributed by atoms with van der Waals surface area (Å²) in [5.41, 5.74) is 1.52. The maximum Gasteiger partial charge on any atom is 0.262 e. The number of carbonyl (C=O) groups excluding carboxylic acids is 2. The molecule has 2 aliphatic rings. The summed E-state index contributed by atoms with van der Waals surface area (Å²) in [7, 11) is 0. The molecule has 0 bridgehead atoms. The lowest BCUT2D eigenvalue weighted by Gasteiger charge is -2.28. The molecule has 1 aromatic rings. The minimum absolute atomic E-state index is 0.0334. The van der Waals surface area contributed by atoms with Crippen LogP contribution in [0, 0.1) is 5.92 Å². The molecule has 1 aliphatic carbocycles. The highest BCUT2D eigenvalue weighted by Crippen LogP contribution is 2.29. The number of hydrogen-bond acceptors (Lipinski definition) is 3. The van der Waals surface area contributed by atoms with Gasteiger partial charge in [-0.3, -0.25) is 9.59 Å². The predicted octanol–water partition coefficient (Wildman–Crippen LogP) is 2.65. The molecule has 2 N–H and O–H groups in total. The number of ether oxygens (including phenoxy) is 1. The smallest absolute Gasteiger partial charge is 0.262 e. The molecular weight excluding hydrogens is 292 g/mol. The lowest BCUT2D eigenvalue weighted by molar-refractivity contribution is -0.121. The van der Waals surface area contributed by atoms with Gasteiger partial charge in [-0.1, -0.05) is 25.3 Å². The first-order valence-corrected chi connectivity index (χ1v) is 8.47. The van der Waals surface area contributed by atoms with E-state index in [0.717, 1.165) is 5.56 Å². The van der Waals surface area contributed by atoms with Crippen molar-refractivity contribution in [1.29, 1.82) is 0 Å². The molecule has 5 nitrogen and oxygen atoms in total. The number of anilines is 1. The van der Waals surface area contributed by atoms with E-state index in [1.165, 1.54) is 32.1 Å². The molecular formula is C18H24N2O3. The average molecular weight is 316 g/mol. The fourth-order valence-electron chi connectivity index (χ4n) is 3.48. The summed E-state index contributed by atoms with van der Waals surface area (Å²) in [5.74, 6) is 1.13. The zero-order valence-electron chi connectivity index (χ0n) is 13.6. The van der Waals surface area contributed by atoms with E-state index < -0.39 is 0 Å². The Balaban J connectivity index is 1.57. The van der Waals surface area contributed by atoms with Crippen LogP contribution in [0.2, 0.25) is 0 Å². The van der Waals surface area contributed by atoms with Crippen LogP contribution in [0.1, 0.15) is 44.6 Å². The van der Waals surface area contributed by atoms with Crippen molar-refractivity contribution in [1.82, 2.24) is 5.32 Å². The molecule has 2 amide bonds. The highest BCUT2D eigenvalue weighted by molar-refractivity contribution is 5.95. The Morgan fingerprint density at radius 2 is 2.13 bits per heavy atom. The lowest BCUT2D eigenvalue weighted by Crippen LogP contribution is -2.39. The Morgan fingerprint density at radius 1 is 1.35 bits per heavy atom. The molecule has 1 fully saturated rings. The van der Waals surface area contributed by atoms with Crippen molar-refractivity contribution in [2.45, 2.75) is 51.5 Å². The molecule has 0 saturated heterocycles. The predicted molar refractivity (Wildman–Crippen MR) is 88.5 cm³/mol. The third-order valence-corrected chi connectivity index (χ3v) is 4.79. The summed E-state index contributed by atoms with van der Waals surface area (Å²) in [6, 6.07) is 5.73. The van der Waals surface area contributed by atoms with E-state index in [1.807, 2.05) is 18.2 Å². The molecule has 23 heavy (non-hydrogen) atoms. The second-order valence-electron chi connectivity index (χ2n) is 6.60. The monoisotopic (exact) mass is 316 g/mol. The van der Waals surface area contributed by atoms with E-state index in [-0.39, 0.29) is 24.5 Å². The van der Waals surface area contributed by atoms with Gasteiger partial charge in [-0.15, -0.1) is 0 Å². The van der Waals surface area contributed by atoms with Gasteiger partial charge < -0.3 is 15.4 Å². The number of fused-ring (bicyclic) bond motifs is 1. The van der Waals surface area contributed by atoms with E-state index in [1.54, 1.807) is 0 Å². The van der Waals surface area contributed by atoms with Gasteiger partial charge >= 0.3 is 0 Å². The average Bonchev–Trinajstić information content (AvgIpc) is 2.55. The second kappa shape index (κ2) is 7.02. The van der Waals surface area contributed by atoms with Crippen LogP contribution in [0.4, 0.5) is 5.69 Å². The third-order valence-electron chi connectivity index (χ3n) is 4.79. The van der Waals surface area contributed by atoms with Gasteiger partial charge in [0, 0.05) is 6.04 Å².